The van der Waals surface area contributed by atoms with Crippen LogP contribution in [0.3, 0.4) is 0 Å². The van der Waals surface area contributed by atoms with Crippen LogP contribution in [-0.4, -0.2) is 13.1 Å². The van der Waals surface area contributed by atoms with Gasteiger partial charge >= 0.3 is 0 Å². The van der Waals surface area contributed by atoms with E-state index in [2.05, 4.69) is 23.5 Å². The molecule has 1 heterocycles. The van der Waals surface area contributed by atoms with Crippen molar-refractivity contribution in [3.63, 3.8) is 0 Å². The summed E-state index contributed by atoms with van der Waals surface area (Å²) >= 11 is 0. The summed E-state index contributed by atoms with van der Waals surface area (Å²) in [6, 6.07) is 0. The van der Waals surface area contributed by atoms with E-state index in [0.717, 1.165) is 6.54 Å². The lowest BCUT2D eigenvalue weighted by molar-refractivity contribution is 0.894. The van der Waals surface area contributed by atoms with Gasteiger partial charge in [0.1, 0.15) is 0 Å². The smallest absolute Gasteiger partial charge is 0.0370 e. The molecule has 3 N–H and O–H groups in total. The van der Waals surface area contributed by atoms with Crippen LogP contribution in [0.2, 0.25) is 0 Å². The first-order valence-electron chi connectivity index (χ1n) is 3.86. The minimum absolute atomic E-state index is 0.596. The standard InChI is InChI=1S/C9H14N2/c1-2-9-8(5-6-10)4-3-7-11-9/h2-5,11H,6-7,10H2,1H3/b8-5-,9-2+. The van der Waals surface area contributed by atoms with Crippen molar-refractivity contribution < 1.29 is 0 Å². The zero-order valence-electron chi connectivity index (χ0n) is 6.80. The second kappa shape index (κ2) is 3.98. The van der Waals surface area contributed by atoms with E-state index in [0.29, 0.717) is 6.54 Å². The van der Waals surface area contributed by atoms with Crippen LogP contribution in [0, 0.1) is 0 Å². The third-order valence-electron chi connectivity index (χ3n) is 1.65. The van der Waals surface area contributed by atoms with E-state index in [1.54, 1.807) is 0 Å². The Kier molecular flexibility index (Phi) is 2.93. The molecular formula is C9H14N2. The fraction of sp³-hybridized carbons (Fsp3) is 0.333. The molecule has 0 radical (unpaired) electrons. The van der Waals surface area contributed by atoms with Gasteiger partial charge in [-0.05, 0) is 12.5 Å². The minimum atomic E-state index is 0.596. The van der Waals surface area contributed by atoms with Crippen molar-refractivity contribution >= 4 is 0 Å². The molecule has 0 saturated heterocycles. The lowest BCUT2D eigenvalue weighted by Crippen LogP contribution is -2.18. The van der Waals surface area contributed by atoms with Crippen molar-refractivity contribution in [3.8, 4) is 0 Å². The predicted octanol–water partition coefficient (Wildman–Crippen LogP) is 0.935. The maximum absolute atomic E-state index is 5.41. The van der Waals surface area contributed by atoms with Crippen LogP contribution in [0.25, 0.3) is 0 Å². The molecule has 1 rings (SSSR count). The molecule has 0 amide bonds. The monoisotopic (exact) mass is 150 g/mol. The average molecular weight is 150 g/mol. The van der Waals surface area contributed by atoms with E-state index in [1.165, 1.54) is 11.3 Å². The first kappa shape index (κ1) is 8.08. The molecule has 0 saturated carbocycles. The highest BCUT2D eigenvalue weighted by Crippen LogP contribution is 2.11. The molecule has 1 aliphatic heterocycles. The molecule has 0 spiro atoms. The molecule has 0 aliphatic carbocycles. The quantitative estimate of drug-likeness (QED) is 0.583. The number of nitrogens with one attached hydrogen (secondary N) is 1. The fourth-order valence-corrected chi connectivity index (χ4v) is 1.12. The summed E-state index contributed by atoms with van der Waals surface area (Å²) in [5, 5.41) is 3.25. The van der Waals surface area contributed by atoms with Crippen LogP contribution in [0.5, 0.6) is 0 Å². The zero-order chi connectivity index (χ0) is 8.10. The summed E-state index contributed by atoms with van der Waals surface area (Å²) in [4.78, 5) is 0. The Hall–Kier alpha value is -1.02. The normalized spacial score (nSPS) is 24.2. The maximum atomic E-state index is 5.41. The molecule has 11 heavy (non-hydrogen) atoms. The molecule has 0 atom stereocenters. The van der Waals surface area contributed by atoms with Gasteiger partial charge in [-0.2, -0.15) is 0 Å². The van der Waals surface area contributed by atoms with Crippen LogP contribution in [0.1, 0.15) is 6.92 Å². The second-order valence-corrected chi connectivity index (χ2v) is 2.38. The summed E-state index contributed by atoms with van der Waals surface area (Å²) in [5.41, 5.74) is 7.79. The molecule has 0 unspecified atom stereocenters. The number of hydrogen-bond acceptors (Lipinski definition) is 2. The molecule has 0 fully saturated rings. The SMILES string of the molecule is C/C=C1/NCC=C/C1=C/CN. The highest BCUT2D eigenvalue weighted by atomic mass is 14.9. The van der Waals surface area contributed by atoms with Gasteiger partial charge in [-0.1, -0.05) is 24.3 Å². The van der Waals surface area contributed by atoms with Crippen LogP contribution >= 0.6 is 0 Å². The largest absolute Gasteiger partial charge is 0.381 e. The van der Waals surface area contributed by atoms with E-state index in [-0.39, 0.29) is 0 Å². The van der Waals surface area contributed by atoms with Crippen LogP contribution < -0.4 is 11.1 Å². The van der Waals surface area contributed by atoms with Crippen LogP contribution in [-0.2, 0) is 0 Å². The van der Waals surface area contributed by atoms with Gasteiger partial charge in [0.15, 0.2) is 0 Å². The van der Waals surface area contributed by atoms with Gasteiger partial charge < -0.3 is 11.1 Å². The van der Waals surface area contributed by atoms with E-state index in [1.807, 2.05) is 13.0 Å². The minimum Gasteiger partial charge on any atom is -0.381 e. The van der Waals surface area contributed by atoms with E-state index in [4.69, 9.17) is 5.73 Å². The highest BCUT2D eigenvalue weighted by Gasteiger charge is 2.02. The van der Waals surface area contributed by atoms with Crippen molar-refractivity contribution in [2.75, 3.05) is 13.1 Å². The molecule has 0 bridgehead atoms. The molecular weight excluding hydrogens is 136 g/mol. The molecule has 0 aromatic heterocycles. The molecule has 1 aliphatic rings. The first-order valence-corrected chi connectivity index (χ1v) is 3.86. The molecule has 0 aromatic carbocycles. The summed E-state index contributed by atoms with van der Waals surface area (Å²) < 4.78 is 0. The van der Waals surface area contributed by atoms with E-state index in [9.17, 15) is 0 Å². The van der Waals surface area contributed by atoms with Crippen molar-refractivity contribution in [1.82, 2.24) is 5.32 Å². The number of rotatable bonds is 1. The molecule has 2 heteroatoms. The Balaban J connectivity index is 2.81. The summed E-state index contributed by atoms with van der Waals surface area (Å²) in [6.45, 7) is 3.53. The second-order valence-electron chi connectivity index (χ2n) is 2.38. The Bertz CT molecular complexity index is 212. The van der Waals surface area contributed by atoms with Gasteiger partial charge in [0.2, 0.25) is 0 Å². The zero-order valence-corrected chi connectivity index (χ0v) is 6.80. The summed E-state index contributed by atoms with van der Waals surface area (Å²) in [7, 11) is 0. The first-order chi connectivity index (χ1) is 5.38. The fourth-order valence-electron chi connectivity index (χ4n) is 1.12. The Morgan fingerprint density at radius 3 is 3.18 bits per heavy atom. The van der Waals surface area contributed by atoms with Gasteiger partial charge in [-0.25, -0.2) is 0 Å². The van der Waals surface area contributed by atoms with Crippen LogP contribution in [0.15, 0.2) is 35.6 Å². The van der Waals surface area contributed by atoms with Crippen molar-refractivity contribution in [1.29, 1.82) is 0 Å². The van der Waals surface area contributed by atoms with Crippen LogP contribution in [0.4, 0.5) is 0 Å². The Morgan fingerprint density at radius 1 is 1.73 bits per heavy atom. The molecule has 2 nitrogen and oxygen atoms in total. The predicted molar refractivity (Wildman–Crippen MR) is 48.0 cm³/mol. The van der Waals surface area contributed by atoms with E-state index >= 15 is 0 Å². The Labute approximate surface area is 67.5 Å². The van der Waals surface area contributed by atoms with Gasteiger partial charge in [0, 0.05) is 18.8 Å². The lowest BCUT2D eigenvalue weighted by Gasteiger charge is -2.14. The summed E-state index contributed by atoms with van der Waals surface area (Å²) in [6.07, 6.45) is 8.26. The molecule has 60 valence electrons. The topological polar surface area (TPSA) is 38.0 Å². The number of nitrogens with two attached hydrogens (primary N) is 1. The third-order valence-corrected chi connectivity index (χ3v) is 1.65. The maximum Gasteiger partial charge on any atom is 0.0370 e. The lowest BCUT2D eigenvalue weighted by atomic mass is 10.1. The van der Waals surface area contributed by atoms with Gasteiger partial charge in [-0.15, -0.1) is 0 Å². The van der Waals surface area contributed by atoms with Crippen molar-refractivity contribution in [2.45, 2.75) is 6.92 Å². The van der Waals surface area contributed by atoms with Crippen molar-refractivity contribution in [3.05, 3.63) is 35.6 Å². The highest BCUT2D eigenvalue weighted by molar-refractivity contribution is 5.41. The molecule has 0 aromatic rings. The number of allylic oxidation sites excluding steroid dienone is 2. The summed E-state index contributed by atoms with van der Waals surface area (Å²) in [5.74, 6) is 0. The number of hydrogen-bond donors (Lipinski definition) is 2. The van der Waals surface area contributed by atoms with E-state index < -0.39 is 0 Å². The van der Waals surface area contributed by atoms with Gasteiger partial charge in [0.05, 0.1) is 0 Å². The average Bonchev–Trinajstić information content (AvgIpc) is 2.06. The van der Waals surface area contributed by atoms with Gasteiger partial charge in [-0.3, -0.25) is 0 Å². The Morgan fingerprint density at radius 2 is 2.55 bits per heavy atom. The van der Waals surface area contributed by atoms with Gasteiger partial charge in [0.25, 0.3) is 0 Å². The third kappa shape index (κ3) is 1.95. The van der Waals surface area contributed by atoms with Crippen molar-refractivity contribution in [2.24, 2.45) is 5.73 Å².